The van der Waals surface area contributed by atoms with Crippen molar-refractivity contribution in [3.05, 3.63) is 95.7 Å². The number of ether oxygens (including phenoxy) is 1. The van der Waals surface area contributed by atoms with Gasteiger partial charge in [-0.25, -0.2) is 0 Å². The van der Waals surface area contributed by atoms with Crippen molar-refractivity contribution in [2.75, 3.05) is 10.2 Å². The molecule has 0 aromatic heterocycles. The largest absolute Gasteiger partial charge is 0.457 e. The Kier molecular flexibility index (Phi) is 5.48. The average molecular weight is 453 g/mol. The number of para-hydroxylation sites is 3. The SMILES string of the molecule is CC(=O)N1c2ccccc2NC2=C(C(=O)CC(C)(C)C2)C1c1ccc(Oc2ccccc2)cc1. The molecular formula is C29H28N2O3. The minimum atomic E-state index is -0.516. The van der Waals surface area contributed by atoms with E-state index in [4.69, 9.17) is 4.74 Å². The van der Waals surface area contributed by atoms with Crippen LogP contribution in [-0.4, -0.2) is 11.7 Å². The van der Waals surface area contributed by atoms with Crippen LogP contribution >= 0.6 is 0 Å². The first kappa shape index (κ1) is 22.0. The second-order valence-corrected chi connectivity index (χ2v) is 9.75. The van der Waals surface area contributed by atoms with E-state index in [9.17, 15) is 9.59 Å². The number of carbonyl (C=O) groups excluding carboxylic acids is 2. The lowest BCUT2D eigenvalue weighted by Crippen LogP contribution is -2.38. The summed E-state index contributed by atoms with van der Waals surface area (Å²) in [4.78, 5) is 28.3. The zero-order chi connectivity index (χ0) is 23.9. The van der Waals surface area contributed by atoms with Gasteiger partial charge in [-0.3, -0.25) is 14.5 Å². The van der Waals surface area contributed by atoms with Gasteiger partial charge in [-0.1, -0.05) is 56.3 Å². The Morgan fingerprint density at radius 3 is 2.26 bits per heavy atom. The molecule has 5 rings (SSSR count). The molecule has 2 aliphatic rings. The number of nitrogens with one attached hydrogen (secondary N) is 1. The lowest BCUT2D eigenvalue weighted by atomic mass is 9.73. The third kappa shape index (κ3) is 4.10. The third-order valence-corrected chi connectivity index (χ3v) is 6.41. The van der Waals surface area contributed by atoms with Crippen LogP contribution in [0.2, 0.25) is 0 Å². The van der Waals surface area contributed by atoms with Crippen LogP contribution in [0.5, 0.6) is 11.5 Å². The lowest BCUT2D eigenvalue weighted by molar-refractivity contribution is -0.118. The Morgan fingerprint density at radius 2 is 1.56 bits per heavy atom. The first-order valence-electron chi connectivity index (χ1n) is 11.6. The fraction of sp³-hybridized carbons (Fsp3) is 0.241. The lowest BCUT2D eigenvalue weighted by Gasteiger charge is -2.36. The van der Waals surface area contributed by atoms with Crippen molar-refractivity contribution in [2.45, 2.75) is 39.7 Å². The van der Waals surface area contributed by atoms with Gasteiger partial charge in [-0.2, -0.15) is 0 Å². The summed E-state index contributed by atoms with van der Waals surface area (Å²) >= 11 is 0. The number of rotatable bonds is 3. The van der Waals surface area contributed by atoms with E-state index in [-0.39, 0.29) is 17.1 Å². The van der Waals surface area contributed by atoms with Gasteiger partial charge in [0.25, 0.3) is 0 Å². The normalized spacial score (nSPS) is 19.0. The fourth-order valence-electron chi connectivity index (χ4n) is 4.99. The summed E-state index contributed by atoms with van der Waals surface area (Å²) in [5.41, 5.74) is 3.89. The van der Waals surface area contributed by atoms with Gasteiger partial charge >= 0.3 is 0 Å². The smallest absolute Gasteiger partial charge is 0.224 e. The molecule has 1 heterocycles. The second-order valence-electron chi connectivity index (χ2n) is 9.75. The number of fused-ring (bicyclic) bond motifs is 1. The number of allylic oxidation sites excluding steroid dienone is 1. The van der Waals surface area contributed by atoms with E-state index in [1.54, 1.807) is 11.8 Å². The highest BCUT2D eigenvalue weighted by Gasteiger charge is 2.42. The number of ketones is 1. The number of Topliss-reactive ketones (excluding diaryl/α,β-unsaturated/α-hetero) is 1. The molecule has 3 aromatic carbocycles. The highest BCUT2D eigenvalue weighted by Crippen LogP contribution is 2.48. The zero-order valence-corrected chi connectivity index (χ0v) is 19.7. The molecule has 1 atom stereocenters. The van der Waals surface area contributed by atoms with Crippen molar-refractivity contribution in [3.63, 3.8) is 0 Å². The van der Waals surface area contributed by atoms with Crippen molar-refractivity contribution in [2.24, 2.45) is 5.41 Å². The van der Waals surface area contributed by atoms with E-state index in [2.05, 4.69) is 19.2 Å². The molecule has 5 heteroatoms. The van der Waals surface area contributed by atoms with Crippen molar-refractivity contribution in [1.29, 1.82) is 0 Å². The summed E-state index contributed by atoms with van der Waals surface area (Å²) in [5, 5.41) is 3.52. The molecule has 172 valence electrons. The monoisotopic (exact) mass is 452 g/mol. The molecule has 0 radical (unpaired) electrons. The predicted molar refractivity (Wildman–Crippen MR) is 134 cm³/mol. The Bertz CT molecular complexity index is 1280. The van der Waals surface area contributed by atoms with Crippen LogP contribution in [0.4, 0.5) is 11.4 Å². The summed E-state index contributed by atoms with van der Waals surface area (Å²) in [5.74, 6) is 1.41. The summed E-state index contributed by atoms with van der Waals surface area (Å²) in [6, 6.07) is 24.5. The van der Waals surface area contributed by atoms with Crippen molar-refractivity contribution >= 4 is 23.1 Å². The molecule has 1 N–H and O–H groups in total. The van der Waals surface area contributed by atoms with Crippen LogP contribution in [0.25, 0.3) is 0 Å². The molecule has 0 saturated carbocycles. The van der Waals surface area contributed by atoms with Gasteiger partial charge in [0.1, 0.15) is 11.5 Å². The van der Waals surface area contributed by atoms with Gasteiger partial charge in [0.05, 0.1) is 17.4 Å². The third-order valence-electron chi connectivity index (χ3n) is 6.41. The zero-order valence-electron chi connectivity index (χ0n) is 19.7. The van der Waals surface area contributed by atoms with Gasteiger partial charge in [-0.15, -0.1) is 0 Å². The van der Waals surface area contributed by atoms with Crippen LogP contribution in [0.1, 0.15) is 45.2 Å². The van der Waals surface area contributed by atoms with Gasteiger partial charge in [-0.05, 0) is 53.8 Å². The van der Waals surface area contributed by atoms with E-state index in [1.807, 2.05) is 78.9 Å². The maximum Gasteiger partial charge on any atom is 0.224 e. The molecule has 0 fully saturated rings. The first-order chi connectivity index (χ1) is 16.3. The molecule has 34 heavy (non-hydrogen) atoms. The highest BCUT2D eigenvalue weighted by molar-refractivity contribution is 6.05. The van der Waals surface area contributed by atoms with Crippen molar-refractivity contribution in [1.82, 2.24) is 0 Å². The standard InChI is InChI=1S/C29H28N2O3/c1-19(32)31-25-12-8-7-11-23(25)30-24-17-29(2,3)18-26(33)27(24)28(31)20-13-15-22(16-14-20)34-21-9-5-4-6-10-21/h4-16,28,30H,17-18H2,1-3H3. The van der Waals surface area contributed by atoms with E-state index in [0.717, 1.165) is 34.8 Å². The summed E-state index contributed by atoms with van der Waals surface area (Å²) in [7, 11) is 0. The minimum Gasteiger partial charge on any atom is -0.457 e. The summed E-state index contributed by atoms with van der Waals surface area (Å²) < 4.78 is 5.96. The first-order valence-corrected chi connectivity index (χ1v) is 11.6. The molecule has 1 unspecified atom stereocenters. The molecule has 0 spiro atoms. The minimum absolute atomic E-state index is 0.0763. The topological polar surface area (TPSA) is 58.6 Å². The van der Waals surface area contributed by atoms with Crippen LogP contribution < -0.4 is 15.0 Å². The summed E-state index contributed by atoms with van der Waals surface area (Å²) in [6.45, 7) is 5.78. The van der Waals surface area contributed by atoms with Crippen molar-refractivity contribution in [3.8, 4) is 11.5 Å². The Labute approximate surface area is 200 Å². The van der Waals surface area contributed by atoms with E-state index >= 15 is 0 Å². The van der Waals surface area contributed by atoms with Gasteiger partial charge in [0.15, 0.2) is 5.78 Å². The number of amides is 1. The van der Waals surface area contributed by atoms with Crippen LogP contribution in [0.3, 0.4) is 0 Å². The molecule has 1 aliphatic carbocycles. The Balaban J connectivity index is 1.63. The molecular weight excluding hydrogens is 424 g/mol. The Hall–Kier alpha value is -3.86. The maximum atomic E-state index is 13.5. The van der Waals surface area contributed by atoms with Crippen LogP contribution in [0.15, 0.2) is 90.1 Å². The van der Waals surface area contributed by atoms with Crippen molar-refractivity contribution < 1.29 is 14.3 Å². The average Bonchev–Trinajstić information content (AvgIpc) is 2.94. The number of hydrogen-bond acceptors (Lipinski definition) is 4. The van der Waals surface area contributed by atoms with E-state index in [1.165, 1.54) is 0 Å². The molecule has 3 aromatic rings. The maximum absolute atomic E-state index is 13.5. The number of anilines is 2. The Morgan fingerprint density at radius 1 is 0.912 bits per heavy atom. The highest BCUT2D eigenvalue weighted by atomic mass is 16.5. The number of nitrogens with zero attached hydrogens (tertiary/aromatic N) is 1. The van der Waals surface area contributed by atoms with E-state index < -0.39 is 6.04 Å². The molecule has 0 saturated heterocycles. The summed E-state index contributed by atoms with van der Waals surface area (Å²) in [6.07, 6.45) is 1.18. The molecule has 5 nitrogen and oxygen atoms in total. The number of hydrogen-bond donors (Lipinski definition) is 1. The molecule has 0 bridgehead atoms. The van der Waals surface area contributed by atoms with E-state index in [0.29, 0.717) is 17.7 Å². The van der Waals surface area contributed by atoms with Gasteiger partial charge < -0.3 is 10.1 Å². The van der Waals surface area contributed by atoms with Crippen LogP contribution in [0, 0.1) is 5.41 Å². The number of benzene rings is 3. The van der Waals surface area contributed by atoms with Gasteiger partial charge in [0.2, 0.25) is 5.91 Å². The molecule has 1 amide bonds. The molecule has 1 aliphatic heterocycles. The fourth-order valence-corrected chi connectivity index (χ4v) is 4.99. The number of carbonyl (C=O) groups is 2. The predicted octanol–water partition coefficient (Wildman–Crippen LogP) is 6.64. The van der Waals surface area contributed by atoms with Crippen LogP contribution in [-0.2, 0) is 9.59 Å². The second kappa shape index (κ2) is 8.49. The van der Waals surface area contributed by atoms with Gasteiger partial charge in [0, 0.05) is 24.6 Å². The quantitative estimate of drug-likeness (QED) is 0.484.